The third-order valence-corrected chi connectivity index (χ3v) is 5.47. The first-order valence-electron chi connectivity index (χ1n) is 11.1. The Morgan fingerprint density at radius 3 is 2.49 bits per heavy atom. The Morgan fingerprint density at radius 2 is 1.74 bits per heavy atom. The molecule has 0 unspecified atom stereocenters. The zero-order valence-electron chi connectivity index (χ0n) is 19.9. The summed E-state index contributed by atoms with van der Waals surface area (Å²) in [5.74, 6) is 0.649. The molecule has 0 radical (unpaired) electrons. The minimum Gasteiger partial charge on any atom is -0.495 e. The van der Waals surface area contributed by atoms with Crippen LogP contribution in [0.15, 0.2) is 83.7 Å². The second kappa shape index (κ2) is 10.7. The lowest BCUT2D eigenvalue weighted by atomic mass is 10.2. The molecule has 0 bridgehead atoms. The van der Waals surface area contributed by atoms with Crippen LogP contribution in [0.4, 0.5) is 5.69 Å². The van der Waals surface area contributed by atoms with Gasteiger partial charge in [0.1, 0.15) is 11.6 Å². The molecule has 0 fully saturated rings. The van der Waals surface area contributed by atoms with Gasteiger partial charge in [0.25, 0.3) is 11.5 Å². The van der Waals surface area contributed by atoms with Gasteiger partial charge in [-0.2, -0.15) is 0 Å². The van der Waals surface area contributed by atoms with Crippen molar-refractivity contribution in [2.24, 2.45) is 0 Å². The largest absolute Gasteiger partial charge is 0.495 e. The third kappa shape index (κ3) is 5.39. The molecule has 0 saturated carbocycles. The molecule has 1 heterocycles. The highest BCUT2D eigenvalue weighted by Crippen LogP contribution is 2.23. The maximum Gasteiger partial charge on any atom is 0.266 e. The number of nitrogens with one attached hydrogen (secondary N) is 2. The van der Waals surface area contributed by atoms with Gasteiger partial charge < -0.3 is 9.64 Å². The number of methoxy groups -OCH3 is 1. The smallest absolute Gasteiger partial charge is 0.266 e. The highest BCUT2D eigenvalue weighted by molar-refractivity contribution is 5.91. The number of carbonyl (C=O) groups is 1. The number of rotatable bonds is 8. The van der Waals surface area contributed by atoms with Gasteiger partial charge in [-0.1, -0.05) is 36.4 Å². The van der Waals surface area contributed by atoms with Gasteiger partial charge in [0.15, 0.2) is 0 Å². The van der Waals surface area contributed by atoms with E-state index in [1.54, 1.807) is 43.5 Å². The van der Waals surface area contributed by atoms with Crippen molar-refractivity contribution < 1.29 is 9.53 Å². The summed E-state index contributed by atoms with van der Waals surface area (Å²) in [6.07, 6.45) is 3.17. The lowest BCUT2D eigenvalue weighted by molar-refractivity contribution is -0.117. The second-order valence-corrected chi connectivity index (χ2v) is 8.02. The Kier molecular flexibility index (Phi) is 7.23. The van der Waals surface area contributed by atoms with Gasteiger partial charge in [-0.15, -0.1) is 0 Å². The first kappa shape index (κ1) is 23.7. The topological polar surface area (TPSA) is 88.5 Å². The molecule has 0 atom stereocenters. The van der Waals surface area contributed by atoms with Gasteiger partial charge in [0, 0.05) is 25.9 Å². The molecule has 4 aromatic rings. The highest BCUT2D eigenvalue weighted by Gasteiger charge is 2.15. The van der Waals surface area contributed by atoms with Gasteiger partial charge in [-0.3, -0.25) is 19.6 Å². The van der Waals surface area contributed by atoms with E-state index < -0.39 is 0 Å². The Hall–Kier alpha value is -4.43. The van der Waals surface area contributed by atoms with Crippen LogP contribution in [0.5, 0.6) is 5.75 Å². The van der Waals surface area contributed by atoms with Crippen LogP contribution in [0.25, 0.3) is 22.7 Å². The van der Waals surface area contributed by atoms with Crippen LogP contribution >= 0.6 is 0 Å². The fourth-order valence-corrected chi connectivity index (χ4v) is 3.67. The van der Waals surface area contributed by atoms with Crippen molar-refractivity contribution in [1.29, 1.82) is 0 Å². The van der Waals surface area contributed by atoms with Crippen LogP contribution in [0.1, 0.15) is 11.4 Å². The van der Waals surface area contributed by atoms with Crippen molar-refractivity contribution in [3.05, 3.63) is 101 Å². The van der Waals surface area contributed by atoms with E-state index in [9.17, 15) is 9.59 Å². The molecule has 0 aliphatic carbocycles. The van der Waals surface area contributed by atoms with Crippen LogP contribution in [0.2, 0.25) is 0 Å². The summed E-state index contributed by atoms with van der Waals surface area (Å²) in [4.78, 5) is 32.4. The number of para-hydroxylation sites is 3. The van der Waals surface area contributed by atoms with Crippen molar-refractivity contribution in [3.8, 4) is 11.4 Å². The summed E-state index contributed by atoms with van der Waals surface area (Å²) in [6.45, 7) is 0.120. The molecule has 1 amide bonds. The highest BCUT2D eigenvalue weighted by atomic mass is 16.5. The number of amides is 1. The van der Waals surface area contributed by atoms with Gasteiger partial charge in [0.05, 0.1) is 30.2 Å². The molecule has 0 aliphatic rings. The first-order valence-corrected chi connectivity index (χ1v) is 11.1. The van der Waals surface area contributed by atoms with E-state index in [2.05, 4.69) is 15.8 Å². The predicted octanol–water partition coefficient (Wildman–Crippen LogP) is 3.29. The average Bonchev–Trinajstić information content (AvgIpc) is 2.88. The standard InChI is InChI=1S/C27H27N5O3/c1-31(2)20-15-12-19(13-16-20)14-17-26(33)30-28-18-25-29-22-9-5-4-8-21(22)27(34)32(25)23-10-6-7-11-24(23)35-3/h4-17,28H,18H2,1-3H3,(H,30,33)/b17-14+. The number of hydrazine groups is 1. The molecule has 4 rings (SSSR count). The quantitative estimate of drug-likeness (QED) is 0.304. The normalized spacial score (nSPS) is 11.1. The summed E-state index contributed by atoms with van der Waals surface area (Å²) in [5.41, 5.74) is 8.44. The van der Waals surface area contributed by atoms with E-state index in [1.165, 1.54) is 10.6 Å². The van der Waals surface area contributed by atoms with Crippen LogP contribution in [0, 0.1) is 0 Å². The van der Waals surface area contributed by atoms with Crippen LogP contribution < -0.4 is 26.0 Å². The van der Waals surface area contributed by atoms with E-state index in [4.69, 9.17) is 4.74 Å². The minimum atomic E-state index is -0.325. The van der Waals surface area contributed by atoms with Crippen molar-refractivity contribution >= 4 is 28.6 Å². The zero-order valence-corrected chi connectivity index (χ0v) is 19.9. The van der Waals surface area contributed by atoms with E-state index in [0.29, 0.717) is 28.2 Å². The Labute approximate surface area is 203 Å². The fraction of sp³-hybridized carbons (Fsp3) is 0.148. The number of aromatic nitrogens is 2. The molecule has 3 aromatic carbocycles. The van der Waals surface area contributed by atoms with Gasteiger partial charge in [-0.05, 0) is 48.0 Å². The minimum absolute atomic E-state index is 0.120. The SMILES string of the molecule is COc1ccccc1-n1c(CNNC(=O)/C=C/c2ccc(N(C)C)cc2)nc2ccccc2c1=O. The van der Waals surface area contributed by atoms with E-state index in [-0.39, 0.29) is 18.0 Å². The molecule has 1 aromatic heterocycles. The molecule has 8 heteroatoms. The van der Waals surface area contributed by atoms with Crippen molar-refractivity contribution in [2.75, 3.05) is 26.1 Å². The number of benzene rings is 3. The first-order chi connectivity index (χ1) is 17.0. The average molecular weight is 470 g/mol. The van der Waals surface area contributed by atoms with Gasteiger partial charge in [-0.25, -0.2) is 10.4 Å². The predicted molar refractivity (Wildman–Crippen MR) is 139 cm³/mol. The zero-order chi connectivity index (χ0) is 24.8. The molecule has 2 N–H and O–H groups in total. The maximum atomic E-state index is 13.4. The summed E-state index contributed by atoms with van der Waals surface area (Å²) in [5, 5.41) is 0.495. The van der Waals surface area contributed by atoms with Crippen molar-refractivity contribution in [3.63, 3.8) is 0 Å². The number of nitrogens with zero attached hydrogens (tertiary/aromatic N) is 3. The van der Waals surface area contributed by atoms with Crippen LogP contribution in [-0.2, 0) is 11.3 Å². The molecular formula is C27H27N5O3. The van der Waals surface area contributed by atoms with Crippen molar-refractivity contribution in [2.45, 2.75) is 6.54 Å². The number of carbonyl (C=O) groups excluding carboxylic acids is 1. The molecule has 0 aliphatic heterocycles. The van der Waals surface area contributed by atoms with E-state index >= 15 is 0 Å². The second-order valence-electron chi connectivity index (χ2n) is 8.02. The Bertz CT molecular complexity index is 1430. The number of hydrogen-bond donors (Lipinski definition) is 2. The van der Waals surface area contributed by atoms with Crippen LogP contribution in [0.3, 0.4) is 0 Å². The molecule has 35 heavy (non-hydrogen) atoms. The number of anilines is 1. The Balaban J connectivity index is 1.54. The maximum absolute atomic E-state index is 13.4. The van der Waals surface area contributed by atoms with Crippen molar-refractivity contribution in [1.82, 2.24) is 20.4 Å². The molecule has 178 valence electrons. The molecule has 0 saturated heterocycles. The van der Waals surface area contributed by atoms with E-state index in [0.717, 1.165) is 11.3 Å². The van der Waals surface area contributed by atoms with Gasteiger partial charge >= 0.3 is 0 Å². The van der Waals surface area contributed by atoms with Crippen LogP contribution in [-0.4, -0.2) is 36.7 Å². The van der Waals surface area contributed by atoms with E-state index in [1.807, 2.05) is 61.5 Å². The molecule has 8 nitrogen and oxygen atoms in total. The Morgan fingerprint density at radius 1 is 1.03 bits per heavy atom. The monoisotopic (exact) mass is 469 g/mol. The van der Waals surface area contributed by atoms with Gasteiger partial charge in [0.2, 0.25) is 0 Å². The summed E-state index contributed by atoms with van der Waals surface area (Å²) >= 11 is 0. The number of hydrogen-bond acceptors (Lipinski definition) is 6. The molecular weight excluding hydrogens is 442 g/mol. The summed E-state index contributed by atoms with van der Waals surface area (Å²) in [6, 6.07) is 22.3. The lowest BCUT2D eigenvalue weighted by Gasteiger charge is -2.16. The molecule has 0 spiro atoms. The number of fused-ring (bicyclic) bond motifs is 1. The fourth-order valence-electron chi connectivity index (χ4n) is 3.67. The lowest BCUT2D eigenvalue weighted by Crippen LogP contribution is -2.38. The summed E-state index contributed by atoms with van der Waals surface area (Å²) < 4.78 is 6.97. The number of ether oxygens (including phenoxy) is 1. The summed E-state index contributed by atoms with van der Waals surface area (Å²) in [7, 11) is 5.50. The third-order valence-electron chi connectivity index (χ3n) is 5.47.